The first-order valence-electron chi connectivity index (χ1n) is 6.34. The minimum Gasteiger partial charge on any atom is -0.382 e. The Hall–Kier alpha value is -0.790. The van der Waals surface area contributed by atoms with Crippen LogP contribution in [0.25, 0.3) is 0 Å². The second-order valence-corrected chi connectivity index (χ2v) is 5.29. The van der Waals surface area contributed by atoms with Gasteiger partial charge < -0.3 is 10.1 Å². The zero-order chi connectivity index (χ0) is 15.6. The molecular formula is C13H14Cl2F5NO. The molecule has 126 valence electrons. The summed E-state index contributed by atoms with van der Waals surface area (Å²) in [6.07, 6.45) is -5.89. The molecule has 2 rings (SSSR count). The molecule has 9 heteroatoms. The van der Waals surface area contributed by atoms with Crippen LogP contribution in [0.3, 0.4) is 0 Å². The van der Waals surface area contributed by atoms with Crippen molar-refractivity contribution in [1.29, 1.82) is 0 Å². The Morgan fingerprint density at radius 3 is 2.45 bits per heavy atom. The fourth-order valence-electron chi connectivity index (χ4n) is 2.14. The first-order chi connectivity index (χ1) is 9.79. The van der Waals surface area contributed by atoms with E-state index in [0.29, 0.717) is 6.42 Å². The summed E-state index contributed by atoms with van der Waals surface area (Å²) in [6, 6.07) is 2.21. The topological polar surface area (TPSA) is 21.3 Å². The standard InChI is InChI=1S/C13H13ClF5NO.ClH/c14-11-8(15)2-3-9(12(11)16)20-5-7-1-4-10(21-6-7)13(17,18)19;/h2-3,7,10,20H,1,4-6H2;1H/t7-,10-;/m1./s1. The Balaban J connectivity index is 0.00000242. The van der Waals surface area contributed by atoms with Gasteiger partial charge in [-0.1, -0.05) is 11.6 Å². The van der Waals surface area contributed by atoms with Crippen molar-refractivity contribution in [3.63, 3.8) is 0 Å². The molecule has 1 heterocycles. The summed E-state index contributed by atoms with van der Waals surface area (Å²) in [7, 11) is 0. The Kier molecular flexibility index (Phi) is 6.70. The van der Waals surface area contributed by atoms with Crippen molar-refractivity contribution < 1.29 is 26.7 Å². The molecule has 0 unspecified atom stereocenters. The Bertz CT molecular complexity index is 504. The second-order valence-electron chi connectivity index (χ2n) is 4.91. The third-order valence-corrected chi connectivity index (χ3v) is 3.70. The number of halogens is 7. The minimum absolute atomic E-state index is 0. The van der Waals surface area contributed by atoms with Crippen molar-refractivity contribution in [1.82, 2.24) is 0 Å². The monoisotopic (exact) mass is 365 g/mol. The Morgan fingerprint density at radius 1 is 1.23 bits per heavy atom. The van der Waals surface area contributed by atoms with Crippen LogP contribution in [-0.4, -0.2) is 25.4 Å². The molecule has 0 bridgehead atoms. The van der Waals surface area contributed by atoms with Crippen molar-refractivity contribution in [2.24, 2.45) is 5.92 Å². The quantitative estimate of drug-likeness (QED) is 0.613. The lowest BCUT2D eigenvalue weighted by molar-refractivity contribution is -0.235. The molecule has 2 atom stereocenters. The zero-order valence-corrected chi connectivity index (χ0v) is 12.8. The fraction of sp³-hybridized carbons (Fsp3) is 0.538. The van der Waals surface area contributed by atoms with Crippen LogP contribution in [0.15, 0.2) is 12.1 Å². The van der Waals surface area contributed by atoms with E-state index in [9.17, 15) is 22.0 Å². The van der Waals surface area contributed by atoms with Gasteiger partial charge in [0.15, 0.2) is 11.9 Å². The molecule has 0 saturated carbocycles. The molecule has 0 radical (unpaired) electrons. The highest BCUT2D eigenvalue weighted by Crippen LogP contribution is 2.32. The van der Waals surface area contributed by atoms with Crippen molar-refractivity contribution in [2.45, 2.75) is 25.1 Å². The molecule has 0 amide bonds. The van der Waals surface area contributed by atoms with Crippen molar-refractivity contribution in [2.75, 3.05) is 18.5 Å². The van der Waals surface area contributed by atoms with Crippen LogP contribution >= 0.6 is 24.0 Å². The van der Waals surface area contributed by atoms with E-state index in [2.05, 4.69) is 5.32 Å². The number of benzene rings is 1. The molecule has 1 aromatic rings. The molecule has 0 aromatic heterocycles. The predicted octanol–water partition coefficient (Wildman–Crippen LogP) is 4.81. The lowest BCUT2D eigenvalue weighted by atomic mass is 9.98. The maximum Gasteiger partial charge on any atom is 0.414 e. The van der Waals surface area contributed by atoms with Crippen molar-refractivity contribution in [3.8, 4) is 0 Å². The van der Waals surface area contributed by atoms with Gasteiger partial charge >= 0.3 is 6.18 Å². The number of anilines is 1. The van der Waals surface area contributed by atoms with E-state index >= 15 is 0 Å². The third-order valence-electron chi connectivity index (χ3n) is 3.35. The van der Waals surface area contributed by atoms with Gasteiger partial charge in [-0.2, -0.15) is 13.2 Å². The number of ether oxygens (including phenoxy) is 1. The highest BCUT2D eigenvalue weighted by Gasteiger charge is 2.42. The molecule has 2 nitrogen and oxygen atoms in total. The maximum atomic E-state index is 13.6. The molecule has 0 spiro atoms. The molecule has 1 N–H and O–H groups in total. The van der Waals surface area contributed by atoms with Crippen LogP contribution in [0.2, 0.25) is 5.02 Å². The van der Waals surface area contributed by atoms with Crippen LogP contribution in [-0.2, 0) is 4.74 Å². The van der Waals surface area contributed by atoms with Gasteiger partial charge in [0.1, 0.15) is 10.8 Å². The van der Waals surface area contributed by atoms with E-state index in [1.54, 1.807) is 0 Å². The number of hydrogen-bond acceptors (Lipinski definition) is 2. The molecular weight excluding hydrogens is 352 g/mol. The largest absolute Gasteiger partial charge is 0.414 e. The average Bonchev–Trinajstić information content (AvgIpc) is 2.43. The van der Waals surface area contributed by atoms with Crippen LogP contribution in [0.4, 0.5) is 27.6 Å². The molecule has 22 heavy (non-hydrogen) atoms. The first-order valence-corrected chi connectivity index (χ1v) is 6.72. The number of hydrogen-bond donors (Lipinski definition) is 1. The van der Waals surface area contributed by atoms with Crippen molar-refractivity contribution >= 4 is 29.7 Å². The fourth-order valence-corrected chi connectivity index (χ4v) is 2.31. The van der Waals surface area contributed by atoms with Gasteiger partial charge in [-0.25, -0.2) is 8.78 Å². The van der Waals surface area contributed by atoms with Gasteiger partial charge in [-0.3, -0.25) is 0 Å². The molecule has 1 saturated heterocycles. The van der Waals surface area contributed by atoms with Gasteiger partial charge in [0, 0.05) is 6.54 Å². The lowest BCUT2D eigenvalue weighted by Gasteiger charge is -2.30. The first kappa shape index (κ1) is 19.3. The average molecular weight is 366 g/mol. The summed E-state index contributed by atoms with van der Waals surface area (Å²) in [5, 5.41) is 2.10. The van der Waals surface area contributed by atoms with Crippen LogP contribution in [0.1, 0.15) is 12.8 Å². The van der Waals surface area contributed by atoms with E-state index in [-0.39, 0.29) is 43.6 Å². The van der Waals surface area contributed by atoms with Gasteiger partial charge in [-0.05, 0) is 30.9 Å². The van der Waals surface area contributed by atoms with Crippen LogP contribution in [0.5, 0.6) is 0 Å². The van der Waals surface area contributed by atoms with Crippen LogP contribution < -0.4 is 5.32 Å². The van der Waals surface area contributed by atoms with Crippen LogP contribution in [0, 0.1) is 17.6 Å². The third kappa shape index (κ3) is 4.60. The molecule has 1 fully saturated rings. The zero-order valence-electron chi connectivity index (χ0n) is 11.2. The smallest absolute Gasteiger partial charge is 0.382 e. The van der Waals surface area contributed by atoms with Gasteiger partial charge in [0.25, 0.3) is 0 Å². The summed E-state index contributed by atoms with van der Waals surface area (Å²) in [4.78, 5) is 0. The Labute approximate surface area is 135 Å². The summed E-state index contributed by atoms with van der Waals surface area (Å²) >= 11 is 5.43. The normalized spacial score (nSPS) is 22.1. The maximum absolute atomic E-state index is 13.6. The van der Waals surface area contributed by atoms with E-state index in [0.717, 1.165) is 6.07 Å². The summed E-state index contributed by atoms with van der Waals surface area (Å²) in [6.45, 7) is 0.164. The number of alkyl halides is 3. The van der Waals surface area contributed by atoms with E-state index < -0.39 is 28.9 Å². The van der Waals surface area contributed by atoms with E-state index in [1.165, 1.54) is 6.07 Å². The summed E-state index contributed by atoms with van der Waals surface area (Å²) in [5.74, 6) is -1.96. The van der Waals surface area contributed by atoms with E-state index in [4.69, 9.17) is 16.3 Å². The van der Waals surface area contributed by atoms with Gasteiger partial charge in [0.05, 0.1) is 12.3 Å². The minimum atomic E-state index is -4.35. The highest BCUT2D eigenvalue weighted by molar-refractivity contribution is 6.31. The summed E-state index contributed by atoms with van der Waals surface area (Å²) in [5.41, 5.74) is 0.0133. The van der Waals surface area contributed by atoms with Gasteiger partial charge in [-0.15, -0.1) is 12.4 Å². The molecule has 1 aliphatic heterocycles. The highest BCUT2D eigenvalue weighted by atomic mass is 35.5. The van der Waals surface area contributed by atoms with Crippen molar-refractivity contribution in [3.05, 3.63) is 28.8 Å². The Morgan fingerprint density at radius 2 is 1.91 bits per heavy atom. The second kappa shape index (κ2) is 7.66. The lowest BCUT2D eigenvalue weighted by Crippen LogP contribution is -2.39. The molecule has 0 aliphatic carbocycles. The van der Waals surface area contributed by atoms with E-state index in [1.807, 2.05) is 0 Å². The number of nitrogens with one attached hydrogen (secondary N) is 1. The number of rotatable bonds is 3. The SMILES string of the molecule is Cl.Fc1ccc(NC[C@H]2CC[C@H](C(F)(F)F)OC2)c(F)c1Cl. The van der Waals surface area contributed by atoms with Gasteiger partial charge in [0.2, 0.25) is 0 Å². The summed E-state index contributed by atoms with van der Waals surface area (Å²) < 4.78 is 68.6. The predicted molar refractivity (Wildman–Crippen MR) is 75.6 cm³/mol. The molecule has 1 aromatic carbocycles. The molecule has 1 aliphatic rings.